The molecule has 8 heteroatoms. The second-order valence-electron chi connectivity index (χ2n) is 8.73. The standard InChI is InChI=1S/C23H30F2O6/c1-14(2)18(23(24,25)21(28)29)30-19(26)16-8-10-17(11-9-16)20(27)31-22(15(3)4)12-6-5-7-13-22/h8-11,14-15,18H,5-7,12-13H2,1-4H3,(H,28,29)/p-1. The molecule has 1 aromatic rings. The van der Waals surface area contributed by atoms with Gasteiger partial charge in [-0.1, -0.05) is 34.1 Å². The highest BCUT2D eigenvalue weighted by atomic mass is 19.3. The van der Waals surface area contributed by atoms with E-state index < -0.39 is 41.5 Å². The van der Waals surface area contributed by atoms with Gasteiger partial charge in [0, 0.05) is 0 Å². The average molecular weight is 439 g/mol. The minimum absolute atomic E-state index is 0.0902. The monoisotopic (exact) mass is 439 g/mol. The number of hydrogen-bond acceptors (Lipinski definition) is 6. The molecule has 1 unspecified atom stereocenters. The lowest BCUT2D eigenvalue weighted by Crippen LogP contribution is -2.53. The molecule has 1 aliphatic carbocycles. The fourth-order valence-electron chi connectivity index (χ4n) is 3.86. The molecular formula is C23H29F2O6-. The minimum Gasteiger partial charge on any atom is -0.544 e. The highest BCUT2D eigenvalue weighted by Gasteiger charge is 2.46. The van der Waals surface area contributed by atoms with Gasteiger partial charge < -0.3 is 19.4 Å². The Balaban J connectivity index is 2.12. The fourth-order valence-corrected chi connectivity index (χ4v) is 3.86. The van der Waals surface area contributed by atoms with Crippen LogP contribution < -0.4 is 5.11 Å². The second-order valence-corrected chi connectivity index (χ2v) is 8.73. The van der Waals surface area contributed by atoms with E-state index in [0.717, 1.165) is 32.1 Å². The van der Waals surface area contributed by atoms with Crippen molar-refractivity contribution in [2.45, 2.75) is 77.4 Å². The van der Waals surface area contributed by atoms with E-state index in [1.54, 1.807) is 0 Å². The third-order valence-corrected chi connectivity index (χ3v) is 5.87. The minimum atomic E-state index is -4.33. The van der Waals surface area contributed by atoms with Crippen molar-refractivity contribution in [3.63, 3.8) is 0 Å². The number of esters is 2. The number of carbonyl (C=O) groups is 3. The van der Waals surface area contributed by atoms with E-state index in [1.807, 2.05) is 13.8 Å². The number of rotatable bonds is 8. The molecule has 1 saturated carbocycles. The molecule has 1 aromatic carbocycles. The smallest absolute Gasteiger partial charge is 0.338 e. The summed E-state index contributed by atoms with van der Waals surface area (Å²) >= 11 is 0. The van der Waals surface area contributed by atoms with Crippen LogP contribution in [0.5, 0.6) is 0 Å². The first-order valence-corrected chi connectivity index (χ1v) is 10.5. The lowest BCUT2D eigenvalue weighted by molar-refractivity contribution is -0.337. The Labute approximate surface area is 180 Å². The van der Waals surface area contributed by atoms with Gasteiger partial charge in [-0.15, -0.1) is 0 Å². The molecule has 172 valence electrons. The van der Waals surface area contributed by atoms with Crippen molar-refractivity contribution in [1.82, 2.24) is 0 Å². The Morgan fingerprint density at radius 1 is 0.935 bits per heavy atom. The van der Waals surface area contributed by atoms with Gasteiger partial charge in [0.2, 0.25) is 0 Å². The molecule has 0 bridgehead atoms. The molecule has 0 heterocycles. The molecule has 0 saturated heterocycles. The van der Waals surface area contributed by atoms with Crippen LogP contribution in [0, 0.1) is 11.8 Å². The summed E-state index contributed by atoms with van der Waals surface area (Å²) in [7, 11) is 0. The summed E-state index contributed by atoms with van der Waals surface area (Å²) in [5.41, 5.74) is -0.386. The first-order chi connectivity index (χ1) is 14.4. The van der Waals surface area contributed by atoms with E-state index in [2.05, 4.69) is 0 Å². The van der Waals surface area contributed by atoms with Crippen LogP contribution in [0.25, 0.3) is 0 Å². The topological polar surface area (TPSA) is 92.7 Å². The summed E-state index contributed by atoms with van der Waals surface area (Å²) in [6, 6.07) is 5.24. The maximum atomic E-state index is 13.8. The highest BCUT2D eigenvalue weighted by molar-refractivity contribution is 5.93. The zero-order chi connectivity index (χ0) is 23.4. The second kappa shape index (κ2) is 9.75. The average Bonchev–Trinajstić information content (AvgIpc) is 2.71. The summed E-state index contributed by atoms with van der Waals surface area (Å²) in [6.45, 7) is 6.66. The highest BCUT2D eigenvalue weighted by Crippen LogP contribution is 2.38. The maximum Gasteiger partial charge on any atom is 0.338 e. The van der Waals surface area contributed by atoms with Gasteiger partial charge in [0.15, 0.2) is 6.10 Å². The molecule has 0 N–H and O–H groups in total. The molecule has 1 fully saturated rings. The van der Waals surface area contributed by atoms with E-state index >= 15 is 0 Å². The lowest BCUT2D eigenvalue weighted by Gasteiger charge is -2.40. The van der Waals surface area contributed by atoms with Gasteiger partial charge in [0.25, 0.3) is 0 Å². The normalized spacial score (nSPS) is 17.3. The van der Waals surface area contributed by atoms with Crippen molar-refractivity contribution in [2.24, 2.45) is 11.8 Å². The van der Waals surface area contributed by atoms with Gasteiger partial charge in [0.05, 0.1) is 11.1 Å². The molecule has 1 atom stereocenters. The van der Waals surface area contributed by atoms with Gasteiger partial charge in [-0.2, -0.15) is 8.78 Å². The summed E-state index contributed by atoms with van der Waals surface area (Å²) in [5, 5.41) is 10.7. The first kappa shape index (κ1) is 24.8. The van der Waals surface area contributed by atoms with Crippen LogP contribution in [0.1, 0.15) is 80.5 Å². The Hall–Kier alpha value is -2.51. The molecule has 1 aliphatic rings. The summed E-state index contributed by atoms with van der Waals surface area (Å²) in [5.74, 6) is -9.39. The van der Waals surface area contributed by atoms with Crippen LogP contribution in [0.3, 0.4) is 0 Å². The third kappa shape index (κ3) is 5.60. The summed E-state index contributed by atoms with van der Waals surface area (Å²) < 4.78 is 38.3. The molecule has 31 heavy (non-hydrogen) atoms. The largest absolute Gasteiger partial charge is 0.544 e. The number of ether oxygens (including phenoxy) is 2. The number of benzene rings is 1. The Morgan fingerprint density at radius 3 is 1.84 bits per heavy atom. The van der Waals surface area contributed by atoms with E-state index in [4.69, 9.17) is 9.47 Å². The van der Waals surface area contributed by atoms with Crippen LogP contribution in [0.15, 0.2) is 24.3 Å². The summed E-state index contributed by atoms with van der Waals surface area (Å²) in [4.78, 5) is 35.7. The molecule has 0 spiro atoms. The number of carboxylic acids is 1. The van der Waals surface area contributed by atoms with Crippen LogP contribution in [0.2, 0.25) is 0 Å². The molecule has 6 nitrogen and oxygen atoms in total. The SMILES string of the molecule is CC(C)C(OC(=O)c1ccc(C(=O)OC2(C(C)C)CCCCC2)cc1)C(F)(F)C(=O)[O-]. The number of carbonyl (C=O) groups excluding carboxylic acids is 3. The van der Waals surface area contributed by atoms with Crippen molar-refractivity contribution in [3.05, 3.63) is 35.4 Å². The van der Waals surface area contributed by atoms with Gasteiger partial charge in [-0.25, -0.2) is 9.59 Å². The number of carboxylic acid groups (broad SMARTS) is 1. The number of hydrogen-bond donors (Lipinski definition) is 0. The van der Waals surface area contributed by atoms with Crippen molar-refractivity contribution in [2.75, 3.05) is 0 Å². The maximum absolute atomic E-state index is 13.8. The van der Waals surface area contributed by atoms with Crippen molar-refractivity contribution in [1.29, 1.82) is 0 Å². The molecule has 0 radical (unpaired) electrons. The number of halogens is 2. The zero-order valence-corrected chi connectivity index (χ0v) is 18.3. The van der Waals surface area contributed by atoms with Gasteiger partial charge in [-0.05, 0) is 61.8 Å². The van der Waals surface area contributed by atoms with Crippen LogP contribution in [-0.4, -0.2) is 35.5 Å². The fraction of sp³-hybridized carbons (Fsp3) is 0.609. The molecule has 2 rings (SSSR count). The predicted octanol–water partition coefficient (Wildman–Crippen LogP) is 3.77. The van der Waals surface area contributed by atoms with Crippen molar-refractivity contribution in [3.8, 4) is 0 Å². The Bertz CT molecular complexity index is 795. The van der Waals surface area contributed by atoms with Crippen molar-refractivity contribution >= 4 is 17.9 Å². The quantitative estimate of drug-likeness (QED) is 0.573. The lowest BCUT2D eigenvalue weighted by atomic mass is 9.77. The first-order valence-electron chi connectivity index (χ1n) is 10.5. The van der Waals surface area contributed by atoms with E-state index in [0.29, 0.717) is 0 Å². The number of alkyl halides is 2. The van der Waals surface area contributed by atoms with Gasteiger partial charge in [-0.3, -0.25) is 0 Å². The van der Waals surface area contributed by atoms with E-state index in [9.17, 15) is 28.3 Å². The molecular weight excluding hydrogens is 410 g/mol. The third-order valence-electron chi connectivity index (χ3n) is 5.87. The Kier molecular flexibility index (Phi) is 7.78. The number of aliphatic carboxylic acids is 1. The van der Waals surface area contributed by atoms with E-state index in [1.165, 1.54) is 38.1 Å². The Morgan fingerprint density at radius 2 is 1.42 bits per heavy atom. The molecule has 0 amide bonds. The summed E-state index contributed by atoms with van der Waals surface area (Å²) in [6.07, 6.45) is 2.49. The zero-order valence-electron chi connectivity index (χ0n) is 18.3. The van der Waals surface area contributed by atoms with E-state index in [-0.39, 0.29) is 17.0 Å². The van der Waals surface area contributed by atoms with Crippen LogP contribution in [-0.2, 0) is 14.3 Å². The molecule has 0 aliphatic heterocycles. The molecule has 0 aromatic heterocycles. The van der Waals surface area contributed by atoms with Crippen LogP contribution >= 0.6 is 0 Å². The van der Waals surface area contributed by atoms with Crippen LogP contribution in [0.4, 0.5) is 8.78 Å². The van der Waals surface area contributed by atoms with Gasteiger partial charge >= 0.3 is 17.9 Å². The van der Waals surface area contributed by atoms with Gasteiger partial charge in [0.1, 0.15) is 11.6 Å². The predicted molar refractivity (Wildman–Crippen MR) is 107 cm³/mol. The van der Waals surface area contributed by atoms with Crippen molar-refractivity contribution < 1.29 is 37.7 Å².